The Morgan fingerprint density at radius 1 is 1.39 bits per heavy atom. The summed E-state index contributed by atoms with van der Waals surface area (Å²) < 4.78 is 26.5. The van der Waals surface area contributed by atoms with E-state index in [1.165, 1.54) is 4.57 Å². The molecular formula is C19H33N3O5Si. The van der Waals surface area contributed by atoms with Crippen molar-refractivity contribution >= 4 is 14.1 Å². The number of hydrogen-bond acceptors (Lipinski definition) is 7. The number of hydrogen-bond donors (Lipinski definition) is 1. The van der Waals surface area contributed by atoms with Gasteiger partial charge in [0.2, 0.25) is 0 Å². The van der Waals surface area contributed by atoms with Crippen LogP contribution in [0.4, 0.5) is 5.82 Å². The number of nitrogens with two attached hydrogens (primary N) is 1. The van der Waals surface area contributed by atoms with Crippen LogP contribution < -0.4 is 11.4 Å². The molecule has 2 bridgehead atoms. The molecule has 2 saturated heterocycles. The fourth-order valence-electron chi connectivity index (χ4n) is 3.83. The lowest BCUT2D eigenvalue weighted by Gasteiger charge is -2.42. The normalized spacial score (nSPS) is 32.8. The van der Waals surface area contributed by atoms with Gasteiger partial charge in [0.25, 0.3) is 0 Å². The smallest absolute Gasteiger partial charge is 0.351 e. The third kappa shape index (κ3) is 3.33. The summed E-state index contributed by atoms with van der Waals surface area (Å²) >= 11 is 0. The van der Waals surface area contributed by atoms with Crippen molar-refractivity contribution in [2.45, 2.75) is 82.4 Å². The molecule has 0 spiro atoms. The van der Waals surface area contributed by atoms with Gasteiger partial charge in [-0.1, -0.05) is 27.7 Å². The van der Waals surface area contributed by atoms with Gasteiger partial charge in [-0.2, -0.15) is 4.98 Å². The average molecular weight is 412 g/mol. The van der Waals surface area contributed by atoms with Crippen molar-refractivity contribution in [2.75, 3.05) is 19.5 Å². The van der Waals surface area contributed by atoms with Crippen LogP contribution in [0.25, 0.3) is 0 Å². The molecule has 9 heteroatoms. The second-order valence-corrected chi connectivity index (χ2v) is 14.0. The molecule has 0 unspecified atom stereocenters. The first-order chi connectivity index (χ1) is 13.0. The summed E-state index contributed by atoms with van der Waals surface area (Å²) in [5.74, 6) is 0.182. The monoisotopic (exact) mass is 411 g/mol. The Bertz CT molecular complexity index is 778. The van der Waals surface area contributed by atoms with Crippen LogP contribution in [0, 0.1) is 0 Å². The number of fused-ring (bicyclic) bond motifs is 2. The summed E-state index contributed by atoms with van der Waals surface area (Å²) in [6, 6.07) is 1.59. The van der Waals surface area contributed by atoms with Gasteiger partial charge in [-0.3, -0.25) is 4.57 Å². The Labute approximate surface area is 167 Å². The maximum absolute atomic E-state index is 12.4. The number of aromatic nitrogens is 2. The number of methoxy groups -OCH3 is 1. The van der Waals surface area contributed by atoms with Crippen LogP contribution in [-0.4, -0.2) is 55.5 Å². The molecule has 5 atom stereocenters. The molecule has 0 aromatic carbocycles. The molecule has 8 nitrogen and oxygen atoms in total. The van der Waals surface area contributed by atoms with Crippen LogP contribution in [0.3, 0.4) is 0 Å². The minimum atomic E-state index is -2.11. The lowest BCUT2D eigenvalue weighted by Crippen LogP contribution is -2.54. The summed E-state index contributed by atoms with van der Waals surface area (Å²) in [5.41, 5.74) is 4.51. The minimum Gasteiger partial charge on any atom is -0.408 e. The van der Waals surface area contributed by atoms with E-state index in [4.69, 9.17) is 24.4 Å². The molecular weight excluding hydrogens is 378 g/mol. The van der Waals surface area contributed by atoms with Crippen LogP contribution in [-0.2, 0) is 18.6 Å². The van der Waals surface area contributed by atoms with E-state index in [-0.39, 0.29) is 23.1 Å². The molecule has 1 aromatic rings. The Morgan fingerprint density at radius 3 is 2.61 bits per heavy atom. The number of ether oxygens (including phenoxy) is 3. The molecule has 158 valence electrons. The Morgan fingerprint density at radius 2 is 2.07 bits per heavy atom. The van der Waals surface area contributed by atoms with Gasteiger partial charge in [0.1, 0.15) is 29.7 Å². The third-order valence-electron chi connectivity index (χ3n) is 6.49. The van der Waals surface area contributed by atoms with Crippen molar-refractivity contribution in [1.82, 2.24) is 9.55 Å². The lowest BCUT2D eigenvalue weighted by atomic mass is 9.90. The van der Waals surface area contributed by atoms with Crippen LogP contribution >= 0.6 is 0 Å². The lowest BCUT2D eigenvalue weighted by molar-refractivity contribution is -0.223. The van der Waals surface area contributed by atoms with E-state index in [1.54, 1.807) is 19.4 Å². The molecule has 1 aromatic heterocycles. The molecule has 2 aliphatic heterocycles. The highest BCUT2D eigenvalue weighted by Gasteiger charge is 2.68. The standard InChI is InChI=1S/C19H33N3O5Si/c1-8-19-12(11-24-5)25-14(15(19)27-28(6,7)18(2,3)4)16(26-19)22-10-9-13(20)21-17(22)23/h9-10,12,14-16H,8,11H2,1-7H3,(H2,20,21,23)/t12-,14-,15+,16-,19+/m1/s1. The second kappa shape index (κ2) is 7.21. The van der Waals surface area contributed by atoms with Gasteiger partial charge in [-0.25, -0.2) is 4.79 Å². The Kier molecular flexibility index (Phi) is 5.52. The molecule has 0 saturated carbocycles. The van der Waals surface area contributed by atoms with E-state index in [9.17, 15) is 4.79 Å². The molecule has 0 amide bonds. The van der Waals surface area contributed by atoms with Crippen molar-refractivity contribution in [3.8, 4) is 0 Å². The molecule has 2 N–H and O–H groups in total. The van der Waals surface area contributed by atoms with E-state index in [2.05, 4.69) is 45.8 Å². The molecule has 28 heavy (non-hydrogen) atoms. The van der Waals surface area contributed by atoms with Gasteiger partial charge in [-0.15, -0.1) is 0 Å². The van der Waals surface area contributed by atoms with E-state index in [1.807, 2.05) is 0 Å². The van der Waals surface area contributed by atoms with Crippen molar-refractivity contribution < 1.29 is 18.6 Å². The van der Waals surface area contributed by atoms with Crippen molar-refractivity contribution in [3.63, 3.8) is 0 Å². The summed E-state index contributed by atoms with van der Waals surface area (Å²) in [7, 11) is -0.459. The first-order valence-corrected chi connectivity index (χ1v) is 12.7. The van der Waals surface area contributed by atoms with E-state index >= 15 is 0 Å². The van der Waals surface area contributed by atoms with Gasteiger partial charge < -0.3 is 24.4 Å². The zero-order valence-corrected chi connectivity index (χ0v) is 18.9. The van der Waals surface area contributed by atoms with E-state index < -0.39 is 31.9 Å². The molecule has 0 aliphatic carbocycles. The quantitative estimate of drug-likeness (QED) is 0.717. The molecule has 3 rings (SSSR count). The molecule has 0 radical (unpaired) electrons. The fraction of sp³-hybridized carbons (Fsp3) is 0.789. The van der Waals surface area contributed by atoms with Crippen molar-refractivity contribution in [1.29, 1.82) is 0 Å². The average Bonchev–Trinajstić information content (AvgIpc) is 3.03. The number of nitrogen functional groups attached to an aromatic ring is 1. The third-order valence-corrected chi connectivity index (χ3v) is 10.9. The maximum atomic E-state index is 12.4. The number of rotatable bonds is 6. The summed E-state index contributed by atoms with van der Waals surface area (Å²) in [6.45, 7) is 13.5. The summed E-state index contributed by atoms with van der Waals surface area (Å²) in [5, 5.41) is 0.0375. The maximum Gasteiger partial charge on any atom is 0.351 e. The van der Waals surface area contributed by atoms with Gasteiger partial charge in [-0.05, 0) is 30.6 Å². The van der Waals surface area contributed by atoms with Gasteiger partial charge >= 0.3 is 5.69 Å². The van der Waals surface area contributed by atoms with Crippen LogP contribution in [0.2, 0.25) is 18.1 Å². The van der Waals surface area contributed by atoms with Crippen molar-refractivity contribution in [2.24, 2.45) is 0 Å². The van der Waals surface area contributed by atoms with E-state index in [0.717, 1.165) is 0 Å². The van der Waals surface area contributed by atoms with Crippen LogP contribution in [0.5, 0.6) is 0 Å². The zero-order valence-electron chi connectivity index (χ0n) is 17.9. The van der Waals surface area contributed by atoms with Gasteiger partial charge in [0.15, 0.2) is 14.5 Å². The Hall–Kier alpha value is -1.26. The predicted molar refractivity (Wildman–Crippen MR) is 109 cm³/mol. The van der Waals surface area contributed by atoms with E-state index in [0.29, 0.717) is 13.0 Å². The molecule has 2 aliphatic rings. The zero-order chi connectivity index (χ0) is 20.9. The highest BCUT2D eigenvalue weighted by Crippen LogP contribution is 2.53. The van der Waals surface area contributed by atoms with Gasteiger partial charge in [0.05, 0.1) is 6.61 Å². The highest BCUT2D eigenvalue weighted by atomic mass is 28.4. The Balaban J connectivity index is 2.01. The number of anilines is 1. The van der Waals surface area contributed by atoms with Crippen LogP contribution in [0.15, 0.2) is 17.1 Å². The minimum absolute atomic E-state index is 0.0375. The first-order valence-electron chi connectivity index (χ1n) is 9.81. The second-order valence-electron chi connectivity index (χ2n) is 9.20. The van der Waals surface area contributed by atoms with Crippen molar-refractivity contribution in [3.05, 3.63) is 22.7 Å². The highest BCUT2D eigenvalue weighted by molar-refractivity contribution is 6.74. The molecule has 3 heterocycles. The van der Waals surface area contributed by atoms with Gasteiger partial charge in [0, 0.05) is 13.3 Å². The SMILES string of the molecule is CC[C@]12O[C@@H](n3ccc(N)nc3=O)[C@H](O[C@@H]1COC)[C@@H]2O[Si](C)(C)C(C)(C)C. The summed E-state index contributed by atoms with van der Waals surface area (Å²) in [4.78, 5) is 16.3. The fourth-order valence-corrected chi connectivity index (χ4v) is 5.15. The topological polar surface area (TPSA) is 97.8 Å². The predicted octanol–water partition coefficient (Wildman–Crippen LogP) is 2.31. The van der Waals surface area contributed by atoms with Crippen LogP contribution in [0.1, 0.15) is 40.3 Å². The largest absolute Gasteiger partial charge is 0.408 e. The first kappa shape index (κ1) is 21.4. The summed E-state index contributed by atoms with van der Waals surface area (Å²) in [6.07, 6.45) is 0.729. The number of nitrogens with zero attached hydrogens (tertiary/aromatic N) is 2. The molecule has 2 fully saturated rings.